The van der Waals surface area contributed by atoms with E-state index in [1.165, 1.54) is 10.6 Å². The van der Waals surface area contributed by atoms with Gasteiger partial charge in [-0.2, -0.15) is 0 Å². The minimum Gasteiger partial charge on any atom is -0.310 e. The van der Waals surface area contributed by atoms with E-state index < -0.39 is 0 Å². The van der Waals surface area contributed by atoms with Crippen molar-refractivity contribution in [2.24, 2.45) is 0 Å². The lowest BCUT2D eigenvalue weighted by atomic mass is 10.0. The first kappa shape index (κ1) is 14.2. The number of hydrogen-bond donors (Lipinski definition) is 1. The van der Waals surface area contributed by atoms with Crippen molar-refractivity contribution in [3.63, 3.8) is 0 Å². The van der Waals surface area contributed by atoms with Crippen LogP contribution in [0.3, 0.4) is 0 Å². The molecule has 0 spiro atoms. The van der Waals surface area contributed by atoms with Crippen molar-refractivity contribution in [2.45, 2.75) is 39.7 Å². The summed E-state index contributed by atoms with van der Waals surface area (Å²) in [6.07, 6.45) is 3.94. The van der Waals surface area contributed by atoms with Crippen LogP contribution >= 0.6 is 11.3 Å². The Labute approximate surface area is 119 Å². The molecule has 2 rings (SSSR count). The lowest BCUT2D eigenvalue weighted by Crippen LogP contribution is -2.25. The van der Waals surface area contributed by atoms with E-state index >= 15 is 0 Å². The Bertz CT molecular complexity index is 508. The summed E-state index contributed by atoms with van der Waals surface area (Å²) in [6.45, 7) is 7.33. The molecule has 0 aliphatic heterocycles. The van der Waals surface area contributed by atoms with E-state index in [1.807, 2.05) is 18.5 Å². The fourth-order valence-electron chi connectivity index (χ4n) is 2.20. The predicted molar refractivity (Wildman–Crippen MR) is 80.6 cm³/mol. The van der Waals surface area contributed by atoms with Gasteiger partial charge in [-0.05, 0) is 38.4 Å². The third-order valence-corrected chi connectivity index (χ3v) is 3.95. The van der Waals surface area contributed by atoms with Crippen LogP contribution in [0, 0.1) is 13.8 Å². The number of aryl methyl sites for hydroxylation is 2. The zero-order valence-corrected chi connectivity index (χ0v) is 12.6. The van der Waals surface area contributed by atoms with Crippen LogP contribution in [0.2, 0.25) is 0 Å². The Morgan fingerprint density at radius 1 is 1.32 bits per heavy atom. The van der Waals surface area contributed by atoms with Gasteiger partial charge in [0.25, 0.3) is 0 Å². The van der Waals surface area contributed by atoms with Gasteiger partial charge in [-0.3, -0.25) is 4.98 Å². The molecular weight excluding hydrogens is 254 g/mol. The second kappa shape index (κ2) is 6.78. The highest BCUT2D eigenvalue weighted by molar-refractivity contribution is 7.09. The van der Waals surface area contributed by atoms with Gasteiger partial charge in [0, 0.05) is 35.4 Å². The van der Waals surface area contributed by atoms with E-state index in [-0.39, 0.29) is 0 Å². The summed E-state index contributed by atoms with van der Waals surface area (Å²) < 4.78 is 0. The summed E-state index contributed by atoms with van der Waals surface area (Å²) in [5, 5.41) is 6.82. The zero-order valence-electron chi connectivity index (χ0n) is 11.8. The number of aromatic nitrogens is 2. The van der Waals surface area contributed by atoms with E-state index in [0.717, 1.165) is 30.8 Å². The van der Waals surface area contributed by atoms with Crippen LogP contribution in [0.15, 0.2) is 23.7 Å². The Kier molecular flexibility index (Phi) is 5.05. The fraction of sp³-hybridized carbons (Fsp3) is 0.467. The third kappa shape index (κ3) is 3.85. The molecule has 2 heterocycles. The summed E-state index contributed by atoms with van der Waals surface area (Å²) in [7, 11) is 0. The maximum Gasteiger partial charge on any atom is 0.0943 e. The number of rotatable bonds is 6. The maximum absolute atomic E-state index is 4.57. The Morgan fingerprint density at radius 2 is 2.16 bits per heavy atom. The minimum absolute atomic E-state index is 0.305. The molecule has 2 aromatic heterocycles. The Balaban J connectivity index is 2.20. The lowest BCUT2D eigenvalue weighted by molar-refractivity contribution is 0.524. The van der Waals surface area contributed by atoms with Crippen molar-refractivity contribution >= 4 is 11.3 Å². The molecule has 4 heteroatoms. The van der Waals surface area contributed by atoms with Crippen LogP contribution in [0.5, 0.6) is 0 Å². The molecule has 102 valence electrons. The molecule has 19 heavy (non-hydrogen) atoms. The molecule has 0 radical (unpaired) electrons. The normalized spacial score (nSPS) is 12.6. The van der Waals surface area contributed by atoms with Crippen molar-refractivity contribution in [1.82, 2.24) is 15.3 Å². The number of nitrogens with one attached hydrogen (secondary N) is 1. The first-order valence-electron chi connectivity index (χ1n) is 6.76. The molecule has 1 N–H and O–H groups in total. The smallest absolute Gasteiger partial charge is 0.0943 e. The van der Waals surface area contributed by atoms with Crippen molar-refractivity contribution in [2.75, 3.05) is 6.54 Å². The molecule has 1 unspecified atom stereocenters. The standard InChI is InChI=1S/C15H21N3S/c1-4-7-16-14(10-15-17-8-9-19-15)13-6-5-11(2)18-12(13)3/h5-6,8-9,14,16H,4,7,10H2,1-3H3. The Morgan fingerprint density at radius 3 is 2.79 bits per heavy atom. The first-order valence-corrected chi connectivity index (χ1v) is 7.64. The Hall–Kier alpha value is -1.26. The minimum atomic E-state index is 0.305. The number of pyridine rings is 1. The van der Waals surface area contributed by atoms with Gasteiger partial charge in [-0.15, -0.1) is 11.3 Å². The number of hydrogen-bond acceptors (Lipinski definition) is 4. The fourth-order valence-corrected chi connectivity index (χ4v) is 2.87. The maximum atomic E-state index is 4.57. The van der Waals surface area contributed by atoms with Crippen LogP contribution in [0.1, 0.15) is 41.3 Å². The first-order chi connectivity index (χ1) is 9.20. The van der Waals surface area contributed by atoms with Gasteiger partial charge in [0.05, 0.1) is 5.01 Å². The van der Waals surface area contributed by atoms with Crippen molar-refractivity contribution in [1.29, 1.82) is 0 Å². The molecule has 0 aromatic carbocycles. The summed E-state index contributed by atoms with van der Waals surface area (Å²) in [5.41, 5.74) is 3.48. The van der Waals surface area contributed by atoms with Gasteiger partial charge in [0.1, 0.15) is 0 Å². The molecule has 2 aromatic rings. The molecule has 0 aliphatic rings. The van der Waals surface area contributed by atoms with Crippen LogP contribution in [0.25, 0.3) is 0 Å². The van der Waals surface area contributed by atoms with E-state index in [2.05, 4.69) is 41.3 Å². The van der Waals surface area contributed by atoms with Crippen molar-refractivity contribution in [3.05, 3.63) is 45.7 Å². The molecule has 1 atom stereocenters. The third-order valence-electron chi connectivity index (χ3n) is 3.14. The van der Waals surface area contributed by atoms with Crippen molar-refractivity contribution in [3.8, 4) is 0 Å². The summed E-state index contributed by atoms with van der Waals surface area (Å²) >= 11 is 1.72. The molecule has 0 bridgehead atoms. The molecule has 0 saturated carbocycles. The summed E-state index contributed by atoms with van der Waals surface area (Å²) in [5.74, 6) is 0. The SMILES string of the molecule is CCCNC(Cc1nccs1)c1ccc(C)nc1C. The molecule has 0 fully saturated rings. The highest BCUT2D eigenvalue weighted by atomic mass is 32.1. The summed E-state index contributed by atoms with van der Waals surface area (Å²) in [6, 6.07) is 4.59. The average Bonchev–Trinajstić information content (AvgIpc) is 2.88. The van der Waals surface area contributed by atoms with Gasteiger partial charge < -0.3 is 5.32 Å². The largest absolute Gasteiger partial charge is 0.310 e. The summed E-state index contributed by atoms with van der Waals surface area (Å²) in [4.78, 5) is 8.97. The van der Waals surface area contributed by atoms with Crippen LogP contribution in [-0.2, 0) is 6.42 Å². The van der Waals surface area contributed by atoms with Crippen LogP contribution in [0.4, 0.5) is 0 Å². The van der Waals surface area contributed by atoms with Crippen molar-refractivity contribution < 1.29 is 0 Å². The van der Waals surface area contributed by atoms with Gasteiger partial charge in [-0.1, -0.05) is 13.0 Å². The topological polar surface area (TPSA) is 37.8 Å². The second-order valence-corrected chi connectivity index (χ2v) is 5.74. The van der Waals surface area contributed by atoms with Gasteiger partial charge in [0.2, 0.25) is 0 Å². The second-order valence-electron chi connectivity index (χ2n) is 4.76. The van der Waals surface area contributed by atoms with Gasteiger partial charge in [0.15, 0.2) is 0 Å². The van der Waals surface area contributed by atoms with E-state index in [0.29, 0.717) is 6.04 Å². The van der Waals surface area contributed by atoms with Gasteiger partial charge >= 0.3 is 0 Å². The monoisotopic (exact) mass is 275 g/mol. The van der Waals surface area contributed by atoms with E-state index in [4.69, 9.17) is 0 Å². The molecular formula is C15H21N3S. The lowest BCUT2D eigenvalue weighted by Gasteiger charge is -2.19. The quantitative estimate of drug-likeness (QED) is 0.877. The van der Waals surface area contributed by atoms with Crippen LogP contribution < -0.4 is 5.32 Å². The number of nitrogens with zero attached hydrogens (tertiary/aromatic N) is 2. The predicted octanol–water partition coefficient (Wildman–Crippen LogP) is 3.44. The van der Waals surface area contributed by atoms with E-state index in [9.17, 15) is 0 Å². The van der Waals surface area contributed by atoms with E-state index in [1.54, 1.807) is 11.3 Å². The molecule has 0 amide bonds. The zero-order chi connectivity index (χ0) is 13.7. The molecule has 0 aliphatic carbocycles. The molecule has 3 nitrogen and oxygen atoms in total. The average molecular weight is 275 g/mol. The molecule has 0 saturated heterocycles. The van der Waals surface area contributed by atoms with Crippen LogP contribution in [-0.4, -0.2) is 16.5 Å². The number of thiazole rings is 1. The highest BCUT2D eigenvalue weighted by Gasteiger charge is 2.15. The highest BCUT2D eigenvalue weighted by Crippen LogP contribution is 2.22. The van der Waals surface area contributed by atoms with Gasteiger partial charge in [-0.25, -0.2) is 4.98 Å².